The number of rotatable bonds is 2. The minimum Gasteiger partial charge on any atom is -0.356 e. The topological polar surface area (TPSA) is 78.9 Å². The van der Waals surface area contributed by atoms with Gasteiger partial charge in [0.05, 0.1) is 13.5 Å². The second-order valence-electron chi connectivity index (χ2n) is 2.62. The summed E-state index contributed by atoms with van der Waals surface area (Å²) in [5.41, 5.74) is 5.28. The van der Waals surface area contributed by atoms with Crippen LogP contribution in [0.15, 0.2) is 0 Å². The largest absolute Gasteiger partial charge is 0.356 e. The predicted molar refractivity (Wildman–Crippen MR) is 39.3 cm³/mol. The van der Waals surface area contributed by atoms with Crippen LogP contribution < -0.4 is 11.1 Å². The molecule has 3 N–H and O–H groups in total. The normalized spacial score (nSPS) is 30.0. The molecule has 1 heterocycles. The Hall–Kier alpha value is -1.08. The molecule has 1 fully saturated rings. The zero-order valence-corrected chi connectivity index (χ0v) is 6.13. The monoisotopic (exact) mass is 154 g/mol. The first-order valence-corrected chi connectivity index (χ1v) is 3.53. The molecule has 1 rings (SSSR count). The fourth-order valence-electron chi connectivity index (χ4n) is 1.15. The van der Waals surface area contributed by atoms with Gasteiger partial charge >= 0.3 is 0 Å². The van der Waals surface area contributed by atoms with Crippen LogP contribution in [-0.4, -0.2) is 18.5 Å². The summed E-state index contributed by atoms with van der Waals surface area (Å²) in [6, 6.07) is 0.0345. The molecule has 1 aliphatic heterocycles. The van der Waals surface area contributed by atoms with Gasteiger partial charge in [-0.1, -0.05) is 0 Å². The first-order valence-electron chi connectivity index (χ1n) is 4.03. The highest BCUT2D eigenvalue weighted by Crippen LogP contribution is 2.14. The lowest BCUT2D eigenvalue weighted by Crippen LogP contribution is -2.26. The quantitative estimate of drug-likeness (QED) is 0.555. The van der Waals surface area contributed by atoms with E-state index in [1.165, 1.54) is 0 Å². The van der Waals surface area contributed by atoms with E-state index in [9.17, 15) is 4.79 Å². The molecule has 0 saturated carbocycles. The minimum absolute atomic E-state index is 0.0904. The molecule has 4 nitrogen and oxygen atoms in total. The molecule has 4 heteroatoms. The Balaban J connectivity index is 2.52. The second kappa shape index (κ2) is 3.35. The van der Waals surface area contributed by atoms with Crippen molar-refractivity contribution in [1.82, 2.24) is 5.32 Å². The summed E-state index contributed by atoms with van der Waals surface area (Å²) in [6.45, 7) is 0.630. The maximum Gasteiger partial charge on any atom is 0.223 e. The van der Waals surface area contributed by atoms with Crippen LogP contribution in [0.3, 0.4) is 0 Å². The van der Waals surface area contributed by atoms with E-state index in [0.29, 0.717) is 13.0 Å². The van der Waals surface area contributed by atoms with Gasteiger partial charge in [-0.25, -0.2) is 0 Å². The van der Waals surface area contributed by atoms with Crippen LogP contribution in [-0.2, 0) is 4.79 Å². The van der Waals surface area contributed by atoms with Crippen molar-refractivity contribution in [2.75, 3.05) is 6.54 Å². The highest BCUT2D eigenvalue weighted by molar-refractivity contribution is 5.80. The molecule has 0 aromatic heterocycles. The van der Waals surface area contributed by atoms with Crippen molar-refractivity contribution in [2.45, 2.75) is 18.9 Å². The number of nitriles is 1. The van der Waals surface area contributed by atoms with Crippen LogP contribution in [0.1, 0.15) is 14.2 Å². The molecule has 0 aliphatic carbocycles. The number of nitrogens with two attached hydrogens (primary N) is 1. The molecular formula is C7H11N3O. The first kappa shape index (κ1) is 6.62. The third-order valence-corrected chi connectivity index (χ3v) is 1.77. The molecule has 1 aliphatic rings. The smallest absolute Gasteiger partial charge is 0.223 e. The highest BCUT2D eigenvalue weighted by atomic mass is 16.2. The maximum atomic E-state index is 11.0. The number of nitrogens with zero attached hydrogens (tertiary/aromatic N) is 1. The Bertz CT molecular complexity index is 233. The second-order valence-corrected chi connectivity index (χ2v) is 2.62. The van der Waals surface area contributed by atoms with E-state index in [4.69, 9.17) is 12.4 Å². The van der Waals surface area contributed by atoms with Gasteiger partial charge in [-0.3, -0.25) is 4.79 Å². The van der Waals surface area contributed by atoms with Crippen molar-refractivity contribution in [3.8, 4) is 6.07 Å². The molecule has 0 spiro atoms. The SMILES string of the molecule is [2H][C@@](N)(C#N)C[C@@H]1CCNC1=O. The third-order valence-electron chi connectivity index (χ3n) is 1.77. The van der Waals surface area contributed by atoms with Crippen molar-refractivity contribution >= 4 is 5.91 Å². The fourth-order valence-corrected chi connectivity index (χ4v) is 1.15. The molecule has 1 saturated heterocycles. The molecule has 60 valence electrons. The summed E-state index contributed by atoms with van der Waals surface area (Å²) >= 11 is 0. The van der Waals surface area contributed by atoms with Gasteiger partial charge in [-0.15, -0.1) is 0 Å². The number of carbonyl (C=O) groups is 1. The summed E-state index contributed by atoms with van der Waals surface area (Å²) in [4.78, 5) is 11.0. The zero-order chi connectivity index (χ0) is 9.19. The van der Waals surface area contributed by atoms with E-state index in [1.54, 1.807) is 6.07 Å². The molecular weight excluding hydrogens is 142 g/mol. The van der Waals surface area contributed by atoms with Gasteiger partial charge in [-0.2, -0.15) is 5.26 Å². The number of nitrogens with one attached hydrogen (secondary N) is 1. The Morgan fingerprint density at radius 3 is 3.27 bits per heavy atom. The molecule has 0 aromatic carbocycles. The maximum absolute atomic E-state index is 11.0. The molecule has 0 radical (unpaired) electrons. The molecule has 0 aromatic rings. The average molecular weight is 154 g/mol. The predicted octanol–water partition coefficient (Wildman–Crippen LogP) is -0.637. The van der Waals surface area contributed by atoms with Gasteiger partial charge in [0.2, 0.25) is 5.91 Å². The zero-order valence-electron chi connectivity index (χ0n) is 7.13. The van der Waals surface area contributed by atoms with Crippen LogP contribution >= 0.6 is 0 Å². The van der Waals surface area contributed by atoms with E-state index < -0.39 is 6.02 Å². The Labute approximate surface area is 66.8 Å². The number of carbonyl (C=O) groups excluding carboxylic acids is 1. The minimum atomic E-state index is -1.62. The van der Waals surface area contributed by atoms with E-state index in [-0.39, 0.29) is 18.2 Å². The first-order chi connectivity index (χ1) is 5.55. The van der Waals surface area contributed by atoms with Crippen molar-refractivity contribution < 1.29 is 6.17 Å². The highest BCUT2D eigenvalue weighted by Gasteiger charge is 2.25. The van der Waals surface area contributed by atoms with E-state index >= 15 is 0 Å². The summed E-state index contributed by atoms with van der Waals surface area (Å²) in [6.07, 6.45) is 0.799. The molecule has 2 atom stereocenters. The molecule has 11 heavy (non-hydrogen) atoms. The van der Waals surface area contributed by atoms with Crippen LogP contribution in [0.2, 0.25) is 0 Å². The average Bonchev–Trinajstić information content (AvgIpc) is 2.36. The van der Waals surface area contributed by atoms with Crippen molar-refractivity contribution in [1.29, 1.82) is 5.26 Å². The molecule has 0 bridgehead atoms. The van der Waals surface area contributed by atoms with Gasteiger partial charge in [-0.05, 0) is 12.8 Å². The van der Waals surface area contributed by atoms with E-state index in [1.807, 2.05) is 0 Å². The van der Waals surface area contributed by atoms with Gasteiger partial charge in [0.25, 0.3) is 0 Å². The molecule has 1 amide bonds. The third kappa shape index (κ3) is 1.92. The van der Waals surface area contributed by atoms with Crippen molar-refractivity contribution in [2.24, 2.45) is 11.7 Å². The van der Waals surface area contributed by atoms with Gasteiger partial charge in [0.15, 0.2) is 0 Å². The van der Waals surface area contributed by atoms with Crippen LogP contribution in [0.4, 0.5) is 0 Å². The Morgan fingerprint density at radius 1 is 2.09 bits per heavy atom. The summed E-state index contributed by atoms with van der Waals surface area (Å²) in [7, 11) is 0. The fraction of sp³-hybridized carbons (Fsp3) is 0.714. The Kier molecular flexibility index (Phi) is 2.02. The number of amides is 1. The Morgan fingerprint density at radius 2 is 2.82 bits per heavy atom. The lowest BCUT2D eigenvalue weighted by Gasteiger charge is -2.06. The summed E-state index contributed by atoms with van der Waals surface area (Å²) in [5, 5.41) is 11.1. The number of hydrogen-bond donors (Lipinski definition) is 2. The van der Waals surface area contributed by atoms with Gasteiger partial charge < -0.3 is 11.1 Å². The van der Waals surface area contributed by atoms with E-state index in [2.05, 4.69) is 5.32 Å². The van der Waals surface area contributed by atoms with E-state index in [0.717, 1.165) is 0 Å². The van der Waals surface area contributed by atoms with Crippen molar-refractivity contribution in [3.63, 3.8) is 0 Å². The van der Waals surface area contributed by atoms with Crippen LogP contribution in [0.5, 0.6) is 0 Å². The standard InChI is InChI=1S/C7H11N3O/c8-4-6(9)3-5-1-2-10-7(5)11/h5-6H,1-3,9H2,(H,10,11)/t5-,6-/m0/s1/i6D. The lowest BCUT2D eigenvalue weighted by atomic mass is 10.00. The lowest BCUT2D eigenvalue weighted by molar-refractivity contribution is -0.122. The summed E-state index contributed by atoms with van der Waals surface area (Å²) < 4.78 is 7.27. The van der Waals surface area contributed by atoms with Gasteiger partial charge in [0.1, 0.15) is 0 Å². The molecule has 0 unspecified atom stereocenters. The van der Waals surface area contributed by atoms with Crippen LogP contribution in [0, 0.1) is 17.2 Å². The van der Waals surface area contributed by atoms with Crippen LogP contribution in [0.25, 0.3) is 0 Å². The van der Waals surface area contributed by atoms with Gasteiger partial charge in [0, 0.05) is 12.5 Å². The van der Waals surface area contributed by atoms with Crippen molar-refractivity contribution in [3.05, 3.63) is 0 Å². The summed E-state index contributed by atoms with van der Waals surface area (Å²) in [5.74, 6) is -0.348. The number of hydrogen-bond acceptors (Lipinski definition) is 3.